The smallest absolute Gasteiger partial charge is 0.419 e. The molecule has 0 radical (unpaired) electrons. The molecule has 0 spiro atoms. The van der Waals surface area contributed by atoms with Crippen molar-refractivity contribution in [2.75, 3.05) is 12.9 Å². The second-order valence-corrected chi connectivity index (χ2v) is 6.15. The topological polar surface area (TPSA) is 73.3 Å². The van der Waals surface area contributed by atoms with Gasteiger partial charge in [-0.05, 0) is 0 Å². The summed E-state index contributed by atoms with van der Waals surface area (Å²) in [4.78, 5) is 13.7. The Labute approximate surface area is 117 Å². The van der Waals surface area contributed by atoms with Gasteiger partial charge in [0.2, 0.25) is 0 Å². The Kier molecular flexibility index (Phi) is 4.65. The first-order valence-electron chi connectivity index (χ1n) is 5.13. The van der Waals surface area contributed by atoms with Gasteiger partial charge in [0.25, 0.3) is 0 Å². The predicted octanol–water partition coefficient (Wildman–Crippen LogP) is 2.33. The maximum absolute atomic E-state index is 12.7. The SMILES string of the molecule is CCS(=O)(=O)c1c(C(=O)OC)ncc(C(F)(F)F)c1Cl. The number of aromatic nitrogens is 1. The van der Waals surface area contributed by atoms with Crippen LogP contribution < -0.4 is 0 Å². The van der Waals surface area contributed by atoms with E-state index in [1.54, 1.807) is 0 Å². The van der Waals surface area contributed by atoms with Crippen LogP contribution in [0.15, 0.2) is 11.1 Å². The highest BCUT2D eigenvalue weighted by Gasteiger charge is 2.38. The quantitative estimate of drug-likeness (QED) is 0.795. The van der Waals surface area contributed by atoms with Crippen molar-refractivity contribution in [2.45, 2.75) is 18.0 Å². The van der Waals surface area contributed by atoms with Crippen LogP contribution in [-0.4, -0.2) is 32.2 Å². The predicted molar refractivity (Wildman–Crippen MR) is 63.3 cm³/mol. The van der Waals surface area contributed by atoms with Crippen LogP contribution >= 0.6 is 11.6 Å². The summed E-state index contributed by atoms with van der Waals surface area (Å²) in [6.07, 6.45) is -4.60. The van der Waals surface area contributed by atoms with Gasteiger partial charge in [-0.3, -0.25) is 0 Å². The van der Waals surface area contributed by atoms with Crippen LogP contribution in [-0.2, 0) is 20.8 Å². The zero-order valence-corrected chi connectivity index (χ0v) is 11.9. The van der Waals surface area contributed by atoms with E-state index >= 15 is 0 Å². The Bertz CT molecular complexity index is 643. The largest absolute Gasteiger partial charge is 0.464 e. The lowest BCUT2D eigenvalue weighted by Gasteiger charge is -2.14. The molecule has 1 aromatic rings. The Balaban J connectivity index is 3.78. The maximum Gasteiger partial charge on any atom is 0.419 e. The number of esters is 1. The lowest BCUT2D eigenvalue weighted by molar-refractivity contribution is -0.137. The molecule has 0 aliphatic carbocycles. The molecule has 0 bridgehead atoms. The molecule has 0 amide bonds. The number of carbonyl (C=O) groups excluding carboxylic acids is 1. The van der Waals surface area contributed by atoms with Gasteiger partial charge in [0.1, 0.15) is 4.90 Å². The van der Waals surface area contributed by atoms with E-state index in [0.29, 0.717) is 6.20 Å². The second kappa shape index (κ2) is 5.57. The Hall–Kier alpha value is -1.35. The summed E-state index contributed by atoms with van der Waals surface area (Å²) < 4.78 is 66.1. The minimum absolute atomic E-state index is 0.295. The van der Waals surface area contributed by atoms with Gasteiger partial charge in [-0.1, -0.05) is 18.5 Å². The molecule has 1 heterocycles. The molecule has 0 saturated carbocycles. The lowest BCUT2D eigenvalue weighted by Crippen LogP contribution is -2.18. The molecule has 0 aromatic carbocycles. The average molecular weight is 332 g/mol. The fourth-order valence-corrected chi connectivity index (χ4v) is 3.04. The molecule has 20 heavy (non-hydrogen) atoms. The van der Waals surface area contributed by atoms with Crippen molar-refractivity contribution in [3.05, 3.63) is 22.5 Å². The van der Waals surface area contributed by atoms with E-state index < -0.39 is 48.9 Å². The molecule has 0 fully saturated rings. The van der Waals surface area contributed by atoms with Crippen LogP contribution in [0.3, 0.4) is 0 Å². The number of hydrogen-bond donors (Lipinski definition) is 0. The minimum atomic E-state index is -4.89. The third kappa shape index (κ3) is 3.04. The van der Waals surface area contributed by atoms with Crippen LogP contribution in [0.1, 0.15) is 23.0 Å². The number of pyridine rings is 1. The van der Waals surface area contributed by atoms with Crippen molar-refractivity contribution >= 4 is 27.4 Å². The molecule has 0 aliphatic rings. The van der Waals surface area contributed by atoms with Gasteiger partial charge in [-0.15, -0.1) is 0 Å². The van der Waals surface area contributed by atoms with Crippen LogP contribution in [0.2, 0.25) is 5.02 Å². The molecule has 5 nitrogen and oxygen atoms in total. The number of alkyl halides is 3. The summed E-state index contributed by atoms with van der Waals surface area (Å²) in [6, 6.07) is 0. The van der Waals surface area contributed by atoms with E-state index in [4.69, 9.17) is 11.6 Å². The van der Waals surface area contributed by atoms with Crippen molar-refractivity contribution in [3.8, 4) is 0 Å². The van der Waals surface area contributed by atoms with E-state index in [9.17, 15) is 26.4 Å². The van der Waals surface area contributed by atoms with E-state index in [2.05, 4.69) is 9.72 Å². The minimum Gasteiger partial charge on any atom is -0.464 e. The fraction of sp³-hybridized carbons (Fsp3) is 0.400. The molecule has 1 aromatic heterocycles. The number of ether oxygens (including phenoxy) is 1. The van der Waals surface area contributed by atoms with Crippen molar-refractivity contribution in [3.63, 3.8) is 0 Å². The monoisotopic (exact) mass is 331 g/mol. The zero-order chi connectivity index (χ0) is 15.7. The molecular weight excluding hydrogens is 323 g/mol. The average Bonchev–Trinajstić information content (AvgIpc) is 2.35. The maximum atomic E-state index is 12.7. The van der Waals surface area contributed by atoms with Gasteiger partial charge in [-0.2, -0.15) is 13.2 Å². The standard InChI is InChI=1S/C10H9ClF3NO4S/c1-3-20(17,18)8-6(11)5(10(12,13)14)4-15-7(8)9(16)19-2/h4H,3H2,1-2H3. The normalized spacial score (nSPS) is 12.3. The first kappa shape index (κ1) is 16.7. The van der Waals surface area contributed by atoms with Gasteiger partial charge in [0.15, 0.2) is 15.5 Å². The van der Waals surface area contributed by atoms with Crippen molar-refractivity contribution in [1.82, 2.24) is 4.98 Å². The van der Waals surface area contributed by atoms with E-state index in [0.717, 1.165) is 7.11 Å². The highest BCUT2D eigenvalue weighted by molar-refractivity contribution is 7.91. The van der Waals surface area contributed by atoms with Gasteiger partial charge in [-0.25, -0.2) is 18.2 Å². The van der Waals surface area contributed by atoms with Crippen molar-refractivity contribution < 1.29 is 31.1 Å². The molecule has 0 saturated heterocycles. The summed E-state index contributed by atoms with van der Waals surface area (Å²) in [6.45, 7) is 1.20. The zero-order valence-electron chi connectivity index (χ0n) is 10.3. The van der Waals surface area contributed by atoms with Crippen LogP contribution in [0, 0.1) is 0 Å². The molecule has 0 unspecified atom stereocenters. The number of hydrogen-bond acceptors (Lipinski definition) is 5. The Morgan fingerprint density at radius 2 is 2.00 bits per heavy atom. The van der Waals surface area contributed by atoms with Gasteiger partial charge < -0.3 is 4.74 Å². The first-order valence-corrected chi connectivity index (χ1v) is 7.16. The third-order valence-electron chi connectivity index (χ3n) is 2.35. The summed E-state index contributed by atoms with van der Waals surface area (Å²) in [7, 11) is -3.25. The lowest BCUT2D eigenvalue weighted by atomic mass is 10.2. The number of nitrogens with zero attached hydrogens (tertiary/aromatic N) is 1. The molecule has 0 atom stereocenters. The molecule has 0 N–H and O–H groups in total. The van der Waals surface area contributed by atoms with Crippen molar-refractivity contribution in [2.24, 2.45) is 0 Å². The van der Waals surface area contributed by atoms with Gasteiger partial charge >= 0.3 is 12.1 Å². The van der Waals surface area contributed by atoms with Crippen LogP contribution in [0.25, 0.3) is 0 Å². The third-order valence-corrected chi connectivity index (χ3v) is 4.63. The Morgan fingerprint density at radius 3 is 2.40 bits per heavy atom. The summed E-state index contributed by atoms with van der Waals surface area (Å²) in [5.74, 6) is -1.73. The van der Waals surface area contributed by atoms with Gasteiger partial charge in [0, 0.05) is 6.20 Å². The van der Waals surface area contributed by atoms with E-state index in [1.165, 1.54) is 6.92 Å². The molecule has 112 valence electrons. The number of halogens is 4. The van der Waals surface area contributed by atoms with Crippen LogP contribution in [0.5, 0.6) is 0 Å². The number of methoxy groups -OCH3 is 1. The second-order valence-electron chi connectivity index (χ2n) is 3.56. The highest BCUT2D eigenvalue weighted by Crippen LogP contribution is 2.38. The Morgan fingerprint density at radius 1 is 1.45 bits per heavy atom. The number of rotatable bonds is 3. The first-order chi connectivity index (χ1) is 9.06. The van der Waals surface area contributed by atoms with E-state index in [-0.39, 0.29) is 0 Å². The molecule has 10 heteroatoms. The number of sulfone groups is 1. The summed E-state index contributed by atoms with van der Waals surface area (Å²) in [5.41, 5.74) is -2.20. The van der Waals surface area contributed by atoms with Crippen LogP contribution in [0.4, 0.5) is 13.2 Å². The highest BCUT2D eigenvalue weighted by atomic mass is 35.5. The van der Waals surface area contributed by atoms with Crippen molar-refractivity contribution in [1.29, 1.82) is 0 Å². The molecule has 0 aliphatic heterocycles. The summed E-state index contributed by atoms with van der Waals surface area (Å²) in [5, 5.41) is -1.09. The molecular formula is C10H9ClF3NO4S. The van der Waals surface area contributed by atoms with E-state index in [1.807, 2.05) is 0 Å². The molecule has 1 rings (SSSR count). The van der Waals surface area contributed by atoms with Gasteiger partial charge in [0.05, 0.1) is 23.4 Å². The number of carbonyl (C=O) groups is 1. The summed E-state index contributed by atoms with van der Waals surface area (Å²) >= 11 is 5.52. The fourth-order valence-electron chi connectivity index (χ4n) is 1.34.